The van der Waals surface area contributed by atoms with Gasteiger partial charge in [0.05, 0.1) is 6.07 Å². The molecule has 2 aliphatic rings. The average molecular weight is 294 g/mol. The number of nitriles is 1. The van der Waals surface area contributed by atoms with Gasteiger partial charge in [0.15, 0.2) is 0 Å². The molecule has 3 nitrogen and oxygen atoms in total. The summed E-state index contributed by atoms with van der Waals surface area (Å²) in [6.07, 6.45) is 7.87. The van der Waals surface area contributed by atoms with E-state index in [-0.39, 0.29) is 11.8 Å². The number of hydrogen-bond donors (Lipinski definition) is 1. The smallest absolute Gasteiger partial charge is 0.224 e. The summed E-state index contributed by atoms with van der Waals surface area (Å²) in [5.74, 6) is 1.05. The highest BCUT2D eigenvalue weighted by atomic mass is 16.2. The van der Waals surface area contributed by atoms with Gasteiger partial charge in [-0.2, -0.15) is 5.26 Å². The van der Waals surface area contributed by atoms with Crippen LogP contribution in [0.2, 0.25) is 0 Å². The zero-order valence-electron chi connectivity index (χ0n) is 13.0. The molecule has 1 aromatic rings. The lowest BCUT2D eigenvalue weighted by molar-refractivity contribution is -0.127. The molecule has 0 radical (unpaired) electrons. The van der Waals surface area contributed by atoms with Crippen molar-refractivity contribution in [3.05, 3.63) is 48.0 Å². The second kappa shape index (κ2) is 5.96. The summed E-state index contributed by atoms with van der Waals surface area (Å²) in [5, 5.41) is 12.5. The van der Waals surface area contributed by atoms with Crippen LogP contribution in [0.25, 0.3) is 0 Å². The molecule has 1 aromatic carbocycles. The van der Waals surface area contributed by atoms with E-state index >= 15 is 0 Å². The second-order valence-electron chi connectivity index (χ2n) is 6.81. The molecule has 1 amide bonds. The second-order valence-corrected chi connectivity index (χ2v) is 6.81. The molecule has 0 unspecified atom stereocenters. The maximum atomic E-state index is 12.5. The highest BCUT2D eigenvalue weighted by Crippen LogP contribution is 2.43. The monoisotopic (exact) mass is 294 g/mol. The van der Waals surface area contributed by atoms with Crippen molar-refractivity contribution in [1.82, 2.24) is 5.32 Å². The number of nitrogens with zero attached hydrogens (tertiary/aromatic N) is 1. The molecule has 0 aromatic heterocycles. The van der Waals surface area contributed by atoms with E-state index in [9.17, 15) is 10.1 Å². The van der Waals surface area contributed by atoms with Crippen molar-refractivity contribution in [2.75, 3.05) is 0 Å². The van der Waals surface area contributed by atoms with E-state index in [4.69, 9.17) is 0 Å². The number of hydrogen-bond acceptors (Lipinski definition) is 2. The Kier molecular flexibility index (Phi) is 4.02. The summed E-state index contributed by atoms with van der Waals surface area (Å²) >= 11 is 0. The van der Waals surface area contributed by atoms with Gasteiger partial charge in [-0.1, -0.05) is 42.5 Å². The van der Waals surface area contributed by atoms with Crippen LogP contribution < -0.4 is 5.32 Å². The van der Waals surface area contributed by atoms with Crippen LogP contribution in [0.3, 0.4) is 0 Å². The molecule has 1 fully saturated rings. The van der Waals surface area contributed by atoms with Crippen LogP contribution in [0.5, 0.6) is 0 Å². The van der Waals surface area contributed by atoms with Crippen molar-refractivity contribution in [3.8, 4) is 6.07 Å². The fourth-order valence-electron chi connectivity index (χ4n) is 3.63. The van der Waals surface area contributed by atoms with Gasteiger partial charge in [-0.25, -0.2) is 0 Å². The summed E-state index contributed by atoms with van der Waals surface area (Å²) in [6.45, 7) is 1.83. The van der Waals surface area contributed by atoms with E-state index in [0.717, 1.165) is 19.3 Å². The summed E-state index contributed by atoms with van der Waals surface area (Å²) in [4.78, 5) is 12.5. The van der Waals surface area contributed by atoms with Crippen LogP contribution in [0, 0.1) is 29.1 Å². The van der Waals surface area contributed by atoms with Gasteiger partial charge in [0, 0.05) is 5.92 Å². The van der Waals surface area contributed by atoms with Gasteiger partial charge >= 0.3 is 0 Å². The van der Waals surface area contributed by atoms with Gasteiger partial charge in [-0.15, -0.1) is 0 Å². The van der Waals surface area contributed by atoms with E-state index in [1.54, 1.807) is 0 Å². The third-order valence-electron chi connectivity index (χ3n) is 5.02. The molecule has 3 heteroatoms. The van der Waals surface area contributed by atoms with Crippen LogP contribution in [0.4, 0.5) is 0 Å². The Morgan fingerprint density at radius 1 is 1.32 bits per heavy atom. The first-order valence-electron chi connectivity index (χ1n) is 8.05. The molecule has 4 atom stereocenters. The molecule has 2 bridgehead atoms. The standard InChI is InChI=1S/C19H22N2O/c1-19(13-20,10-9-14-5-3-2-4-6-14)21-18(22)17-12-15-7-8-16(17)11-15/h2-8,15-17H,9-12H2,1H3,(H,21,22)/t15-,16-,17-,19-/m0/s1. The van der Waals surface area contributed by atoms with Gasteiger partial charge in [0.25, 0.3) is 0 Å². The molecule has 1 N–H and O–H groups in total. The topological polar surface area (TPSA) is 52.9 Å². The third-order valence-corrected chi connectivity index (χ3v) is 5.02. The lowest BCUT2D eigenvalue weighted by Crippen LogP contribution is -2.48. The van der Waals surface area contributed by atoms with Crippen molar-refractivity contribution in [1.29, 1.82) is 5.26 Å². The van der Waals surface area contributed by atoms with Crippen molar-refractivity contribution in [3.63, 3.8) is 0 Å². The SMILES string of the molecule is C[C@@](C#N)(CCc1ccccc1)NC(=O)[C@H]1C[C@H]2C=C[C@H]1C2. The first-order chi connectivity index (χ1) is 10.6. The minimum atomic E-state index is -0.793. The highest BCUT2D eigenvalue weighted by molar-refractivity contribution is 5.81. The average Bonchev–Trinajstić information content (AvgIpc) is 3.17. The molecule has 2 aliphatic carbocycles. The van der Waals surface area contributed by atoms with Gasteiger partial charge in [-0.3, -0.25) is 4.79 Å². The molecular formula is C19H22N2O. The molecular weight excluding hydrogens is 272 g/mol. The number of amides is 1. The van der Waals surface area contributed by atoms with E-state index in [1.165, 1.54) is 5.56 Å². The quantitative estimate of drug-likeness (QED) is 0.848. The summed E-state index contributed by atoms with van der Waals surface area (Å²) in [6, 6.07) is 12.4. The Labute approximate surface area is 132 Å². The molecule has 114 valence electrons. The molecule has 0 aliphatic heterocycles. The Balaban J connectivity index is 1.59. The van der Waals surface area contributed by atoms with Crippen LogP contribution in [0.1, 0.15) is 31.7 Å². The zero-order chi connectivity index (χ0) is 15.6. The fourth-order valence-corrected chi connectivity index (χ4v) is 3.63. The Hall–Kier alpha value is -2.08. The fraction of sp³-hybridized carbons (Fsp3) is 0.474. The summed E-state index contributed by atoms with van der Waals surface area (Å²) < 4.78 is 0. The number of fused-ring (bicyclic) bond motifs is 2. The van der Waals surface area contributed by atoms with Crippen molar-refractivity contribution in [2.45, 2.75) is 38.1 Å². The predicted octanol–water partition coefficient (Wildman–Crippen LogP) is 3.23. The minimum Gasteiger partial charge on any atom is -0.338 e. The third kappa shape index (κ3) is 3.06. The first kappa shape index (κ1) is 14.8. The lowest BCUT2D eigenvalue weighted by Gasteiger charge is -2.27. The number of allylic oxidation sites excluding steroid dienone is 2. The molecule has 0 spiro atoms. The van der Waals surface area contributed by atoms with Crippen LogP contribution >= 0.6 is 0 Å². The molecule has 22 heavy (non-hydrogen) atoms. The minimum absolute atomic E-state index is 0.0500. The van der Waals surface area contributed by atoms with Crippen LogP contribution in [0.15, 0.2) is 42.5 Å². The van der Waals surface area contributed by atoms with E-state index in [0.29, 0.717) is 18.3 Å². The van der Waals surface area contributed by atoms with Gasteiger partial charge in [-0.05, 0) is 50.0 Å². The Morgan fingerprint density at radius 2 is 2.09 bits per heavy atom. The van der Waals surface area contributed by atoms with Gasteiger partial charge < -0.3 is 5.32 Å². The maximum absolute atomic E-state index is 12.5. The molecule has 3 rings (SSSR count). The first-order valence-corrected chi connectivity index (χ1v) is 8.05. The largest absolute Gasteiger partial charge is 0.338 e. The highest BCUT2D eigenvalue weighted by Gasteiger charge is 2.41. The van der Waals surface area contributed by atoms with E-state index in [1.807, 2.05) is 25.1 Å². The molecule has 0 saturated heterocycles. The number of aryl methyl sites for hydroxylation is 1. The predicted molar refractivity (Wildman–Crippen MR) is 85.8 cm³/mol. The number of benzene rings is 1. The Morgan fingerprint density at radius 3 is 2.68 bits per heavy atom. The molecule has 1 saturated carbocycles. The maximum Gasteiger partial charge on any atom is 0.224 e. The zero-order valence-corrected chi connectivity index (χ0v) is 13.0. The number of carbonyl (C=O) groups is 1. The summed E-state index contributed by atoms with van der Waals surface area (Å²) in [5.41, 5.74) is 0.402. The van der Waals surface area contributed by atoms with E-state index < -0.39 is 5.54 Å². The van der Waals surface area contributed by atoms with Crippen molar-refractivity contribution in [2.24, 2.45) is 17.8 Å². The van der Waals surface area contributed by atoms with Crippen LogP contribution in [-0.2, 0) is 11.2 Å². The number of nitrogens with one attached hydrogen (secondary N) is 1. The number of rotatable bonds is 5. The summed E-state index contributed by atoms with van der Waals surface area (Å²) in [7, 11) is 0. The van der Waals surface area contributed by atoms with Crippen molar-refractivity contribution >= 4 is 5.91 Å². The van der Waals surface area contributed by atoms with Gasteiger partial charge in [0.2, 0.25) is 5.91 Å². The van der Waals surface area contributed by atoms with E-state index in [2.05, 4.69) is 35.7 Å². The number of carbonyl (C=O) groups excluding carboxylic acids is 1. The molecule has 0 heterocycles. The Bertz CT molecular complexity index is 616. The lowest BCUT2D eigenvalue weighted by atomic mass is 9.89. The van der Waals surface area contributed by atoms with Crippen molar-refractivity contribution < 1.29 is 4.79 Å². The van der Waals surface area contributed by atoms with Crippen LogP contribution in [-0.4, -0.2) is 11.4 Å². The van der Waals surface area contributed by atoms with Gasteiger partial charge in [0.1, 0.15) is 5.54 Å². The normalized spacial score (nSPS) is 28.1.